The van der Waals surface area contributed by atoms with Gasteiger partial charge in [0.2, 0.25) is 5.91 Å². The number of nitrogens with one attached hydrogen (secondary N) is 1. The van der Waals surface area contributed by atoms with E-state index in [0.29, 0.717) is 19.4 Å². The largest absolute Gasteiger partial charge is 0.419 e. The number of nitrogens with zero attached hydrogens (tertiary/aromatic N) is 2. The molecule has 2 heterocycles. The summed E-state index contributed by atoms with van der Waals surface area (Å²) in [5.74, 6) is -1.43. The number of carbonyl (C=O) groups is 1. The average molecular weight is 337 g/mol. The molecule has 0 bridgehead atoms. The van der Waals surface area contributed by atoms with Gasteiger partial charge in [0.25, 0.3) is 6.43 Å². The highest BCUT2D eigenvalue weighted by atomic mass is 19.4. The molecule has 1 aliphatic rings. The van der Waals surface area contributed by atoms with Crippen molar-refractivity contribution in [1.29, 1.82) is 0 Å². The number of carbonyl (C=O) groups excluding carboxylic acids is 1. The van der Waals surface area contributed by atoms with E-state index in [1.807, 2.05) is 0 Å². The van der Waals surface area contributed by atoms with Crippen molar-refractivity contribution >= 4 is 11.7 Å². The summed E-state index contributed by atoms with van der Waals surface area (Å²) in [4.78, 5) is 17.0. The van der Waals surface area contributed by atoms with E-state index in [1.54, 1.807) is 0 Å². The lowest BCUT2D eigenvalue weighted by Crippen LogP contribution is -2.44. The van der Waals surface area contributed by atoms with Gasteiger partial charge in [-0.15, -0.1) is 0 Å². The van der Waals surface area contributed by atoms with Crippen LogP contribution in [-0.4, -0.2) is 37.0 Å². The van der Waals surface area contributed by atoms with Crippen molar-refractivity contribution in [2.45, 2.75) is 25.4 Å². The zero-order valence-electron chi connectivity index (χ0n) is 12.1. The van der Waals surface area contributed by atoms with Crippen LogP contribution in [0, 0.1) is 5.92 Å². The molecule has 9 heteroatoms. The zero-order chi connectivity index (χ0) is 17.0. The first-order chi connectivity index (χ1) is 10.8. The number of hydrogen-bond acceptors (Lipinski definition) is 3. The van der Waals surface area contributed by atoms with Crippen LogP contribution in [0.2, 0.25) is 0 Å². The van der Waals surface area contributed by atoms with Crippen molar-refractivity contribution in [3.8, 4) is 0 Å². The maximum absolute atomic E-state index is 13.0. The third-order valence-corrected chi connectivity index (χ3v) is 3.61. The van der Waals surface area contributed by atoms with Crippen LogP contribution in [0.3, 0.4) is 0 Å². The Morgan fingerprint density at radius 2 is 2.17 bits per heavy atom. The van der Waals surface area contributed by atoms with Crippen molar-refractivity contribution in [3.63, 3.8) is 0 Å². The summed E-state index contributed by atoms with van der Waals surface area (Å²) in [5.41, 5.74) is -0.867. The molecule has 23 heavy (non-hydrogen) atoms. The van der Waals surface area contributed by atoms with E-state index < -0.39 is 36.5 Å². The Balaban J connectivity index is 2.11. The Kier molecular flexibility index (Phi) is 5.38. The lowest BCUT2D eigenvalue weighted by atomic mass is 9.96. The number of amides is 1. The topological polar surface area (TPSA) is 45.2 Å². The summed E-state index contributed by atoms with van der Waals surface area (Å²) in [6, 6.07) is 2.13. The summed E-state index contributed by atoms with van der Waals surface area (Å²) >= 11 is 0. The molecule has 1 unspecified atom stereocenters. The minimum Gasteiger partial charge on any atom is -0.355 e. The van der Waals surface area contributed by atoms with Gasteiger partial charge in [0.1, 0.15) is 5.82 Å². The van der Waals surface area contributed by atoms with E-state index >= 15 is 0 Å². The summed E-state index contributed by atoms with van der Waals surface area (Å²) in [6.45, 7) is -0.402. The molecule has 1 fully saturated rings. The lowest BCUT2D eigenvalue weighted by Gasteiger charge is -2.34. The average Bonchev–Trinajstić information content (AvgIpc) is 2.52. The van der Waals surface area contributed by atoms with E-state index in [1.165, 1.54) is 17.2 Å². The molecule has 1 saturated heterocycles. The van der Waals surface area contributed by atoms with Gasteiger partial charge >= 0.3 is 6.18 Å². The number of alkyl halides is 5. The van der Waals surface area contributed by atoms with E-state index in [4.69, 9.17) is 0 Å². The van der Waals surface area contributed by atoms with Gasteiger partial charge in [0.15, 0.2) is 0 Å². The highest BCUT2D eigenvalue weighted by Gasteiger charge is 2.37. The molecule has 0 spiro atoms. The first-order valence-corrected chi connectivity index (χ1v) is 7.12. The maximum Gasteiger partial charge on any atom is 0.419 e. The Hall–Kier alpha value is -1.93. The molecule has 4 nitrogen and oxygen atoms in total. The number of rotatable bonds is 4. The van der Waals surface area contributed by atoms with Gasteiger partial charge in [-0.05, 0) is 25.0 Å². The van der Waals surface area contributed by atoms with Crippen molar-refractivity contribution in [2.75, 3.05) is 24.5 Å². The van der Waals surface area contributed by atoms with E-state index in [0.717, 1.165) is 6.07 Å². The molecule has 1 aliphatic heterocycles. The molecule has 1 N–H and O–H groups in total. The van der Waals surface area contributed by atoms with Crippen LogP contribution in [0.4, 0.5) is 27.8 Å². The predicted molar refractivity (Wildman–Crippen MR) is 73.2 cm³/mol. The Morgan fingerprint density at radius 3 is 2.83 bits per heavy atom. The number of anilines is 1. The summed E-state index contributed by atoms with van der Waals surface area (Å²) in [7, 11) is 0. The summed E-state index contributed by atoms with van der Waals surface area (Å²) < 4.78 is 63.4. The van der Waals surface area contributed by atoms with Crippen molar-refractivity contribution in [1.82, 2.24) is 10.3 Å². The fourth-order valence-corrected chi connectivity index (χ4v) is 2.58. The molecular weight excluding hydrogens is 321 g/mol. The van der Waals surface area contributed by atoms with E-state index in [9.17, 15) is 26.7 Å². The van der Waals surface area contributed by atoms with Crippen molar-refractivity contribution in [3.05, 3.63) is 23.9 Å². The fraction of sp³-hybridized carbons (Fsp3) is 0.571. The smallest absolute Gasteiger partial charge is 0.355 e. The highest BCUT2D eigenvalue weighted by molar-refractivity contribution is 5.79. The molecule has 0 aliphatic carbocycles. The van der Waals surface area contributed by atoms with Crippen LogP contribution in [-0.2, 0) is 11.0 Å². The Labute approximate surface area is 129 Å². The molecule has 1 atom stereocenters. The first kappa shape index (κ1) is 17.4. The molecule has 0 radical (unpaired) electrons. The number of aromatic nitrogens is 1. The van der Waals surface area contributed by atoms with Gasteiger partial charge in [0.05, 0.1) is 18.0 Å². The van der Waals surface area contributed by atoms with Crippen LogP contribution < -0.4 is 10.2 Å². The minimum absolute atomic E-state index is 0.0230. The standard InChI is InChI=1S/C14H16F5N3O/c15-11(16)7-21-13(23)9-3-2-6-22(8-9)12-10(14(17,18)19)4-1-5-20-12/h1,4-5,9,11H,2-3,6-8H2,(H,21,23). The molecule has 0 saturated carbocycles. The molecule has 1 amide bonds. The molecule has 128 valence electrons. The van der Waals surface area contributed by atoms with Crippen molar-refractivity contribution in [2.24, 2.45) is 5.92 Å². The first-order valence-electron chi connectivity index (χ1n) is 7.12. The lowest BCUT2D eigenvalue weighted by molar-refractivity contribution is -0.137. The molecule has 2 rings (SSSR count). The van der Waals surface area contributed by atoms with Crippen LogP contribution >= 0.6 is 0 Å². The SMILES string of the molecule is O=C(NCC(F)F)C1CCCN(c2ncccc2C(F)(F)F)C1. The van der Waals surface area contributed by atoms with Crippen LogP contribution in [0.5, 0.6) is 0 Å². The van der Waals surface area contributed by atoms with E-state index in [-0.39, 0.29) is 12.4 Å². The highest BCUT2D eigenvalue weighted by Crippen LogP contribution is 2.36. The van der Waals surface area contributed by atoms with Gasteiger partial charge in [-0.2, -0.15) is 13.2 Å². The van der Waals surface area contributed by atoms with Crippen molar-refractivity contribution < 1.29 is 26.7 Å². The molecule has 1 aromatic heterocycles. The fourth-order valence-electron chi connectivity index (χ4n) is 2.58. The monoisotopic (exact) mass is 337 g/mol. The van der Waals surface area contributed by atoms with E-state index in [2.05, 4.69) is 10.3 Å². The molecular formula is C14H16F5N3O. The second kappa shape index (κ2) is 7.10. The molecule has 0 aromatic carbocycles. The van der Waals surface area contributed by atoms with Gasteiger partial charge in [-0.3, -0.25) is 4.79 Å². The third kappa shape index (κ3) is 4.52. The zero-order valence-corrected chi connectivity index (χ0v) is 12.1. The summed E-state index contributed by atoms with van der Waals surface area (Å²) in [6.07, 6.45) is -5.02. The molecule has 1 aromatic rings. The minimum atomic E-state index is -4.55. The van der Waals surface area contributed by atoms with Gasteiger partial charge < -0.3 is 10.2 Å². The van der Waals surface area contributed by atoms with Crippen LogP contribution in [0.25, 0.3) is 0 Å². The van der Waals surface area contributed by atoms with Gasteiger partial charge in [-0.25, -0.2) is 13.8 Å². The maximum atomic E-state index is 13.0. The Morgan fingerprint density at radius 1 is 1.43 bits per heavy atom. The normalized spacial score (nSPS) is 19.0. The second-order valence-corrected chi connectivity index (χ2v) is 5.29. The second-order valence-electron chi connectivity index (χ2n) is 5.29. The number of pyridine rings is 1. The quantitative estimate of drug-likeness (QED) is 0.860. The predicted octanol–water partition coefficient (Wildman–Crippen LogP) is 2.70. The van der Waals surface area contributed by atoms with Gasteiger partial charge in [-0.1, -0.05) is 0 Å². The third-order valence-electron chi connectivity index (χ3n) is 3.61. The number of halogens is 5. The number of hydrogen-bond donors (Lipinski definition) is 1. The van der Waals surface area contributed by atoms with Crippen LogP contribution in [0.1, 0.15) is 18.4 Å². The summed E-state index contributed by atoms with van der Waals surface area (Å²) in [5, 5.41) is 2.11. The van der Waals surface area contributed by atoms with Crippen LogP contribution in [0.15, 0.2) is 18.3 Å². The van der Waals surface area contributed by atoms with Gasteiger partial charge in [0, 0.05) is 19.3 Å². The Bertz CT molecular complexity index is 549. The number of piperidine rings is 1.